The van der Waals surface area contributed by atoms with Gasteiger partial charge in [0, 0.05) is 44.5 Å². The van der Waals surface area contributed by atoms with E-state index in [4.69, 9.17) is 0 Å². The van der Waals surface area contributed by atoms with Crippen LogP contribution >= 0.6 is 0 Å². The molecule has 0 aliphatic carbocycles. The molecule has 0 spiro atoms. The minimum Gasteiger partial charge on any atom is -0.377 e. The molecule has 1 rings (SSSR count). The van der Waals surface area contributed by atoms with Crippen molar-refractivity contribution in [1.29, 1.82) is 0 Å². The fraction of sp³-hybridized carbons (Fsp3) is 0.300. The molecule has 0 aromatic heterocycles. The molecule has 0 heterocycles. The van der Waals surface area contributed by atoms with E-state index < -0.39 is 4.92 Å². The first-order valence-corrected chi connectivity index (χ1v) is 4.64. The van der Waals surface area contributed by atoms with Crippen LogP contribution in [-0.4, -0.2) is 24.9 Å². The second-order valence-corrected chi connectivity index (χ2v) is 3.57. The molecule has 86 valence electrons. The van der Waals surface area contributed by atoms with Gasteiger partial charge in [-0.1, -0.05) is 0 Å². The molecule has 0 saturated carbocycles. The Balaban J connectivity index is 3.18. The van der Waals surface area contributed by atoms with E-state index >= 15 is 0 Å². The molecule has 16 heavy (non-hydrogen) atoms. The molecule has 1 N–H and O–H groups in total. The SMILES string of the molecule is CC(=O)Nc1cc(N(C)C)cc([N+](=O)[O-])c1. The van der Waals surface area contributed by atoms with Crippen LogP contribution in [0.5, 0.6) is 0 Å². The van der Waals surface area contributed by atoms with Crippen LogP contribution in [0.4, 0.5) is 17.1 Å². The van der Waals surface area contributed by atoms with Gasteiger partial charge in [-0.25, -0.2) is 0 Å². The summed E-state index contributed by atoms with van der Waals surface area (Å²) in [6.45, 7) is 1.36. The Morgan fingerprint density at radius 2 is 2.00 bits per heavy atom. The average Bonchev–Trinajstić information content (AvgIpc) is 2.15. The fourth-order valence-corrected chi connectivity index (χ4v) is 1.23. The number of amides is 1. The highest BCUT2D eigenvalue weighted by molar-refractivity contribution is 5.89. The normalized spacial score (nSPS) is 9.69. The standard InChI is InChI=1S/C10H13N3O3/c1-7(14)11-8-4-9(12(2)3)6-10(5-8)13(15)16/h4-6H,1-3H3,(H,11,14). The van der Waals surface area contributed by atoms with Crippen molar-refractivity contribution >= 4 is 23.0 Å². The quantitative estimate of drug-likeness (QED) is 0.624. The van der Waals surface area contributed by atoms with Crippen LogP contribution in [0.15, 0.2) is 18.2 Å². The average molecular weight is 223 g/mol. The second-order valence-electron chi connectivity index (χ2n) is 3.57. The first-order chi connectivity index (χ1) is 7.40. The van der Waals surface area contributed by atoms with E-state index in [-0.39, 0.29) is 11.6 Å². The topological polar surface area (TPSA) is 75.5 Å². The molecular weight excluding hydrogens is 210 g/mol. The van der Waals surface area contributed by atoms with Gasteiger partial charge in [0.1, 0.15) is 0 Å². The van der Waals surface area contributed by atoms with Crippen molar-refractivity contribution in [3.8, 4) is 0 Å². The number of carbonyl (C=O) groups is 1. The number of rotatable bonds is 3. The van der Waals surface area contributed by atoms with Gasteiger partial charge in [-0.2, -0.15) is 0 Å². The number of benzene rings is 1. The molecule has 0 fully saturated rings. The maximum atomic E-state index is 10.9. The Bertz CT molecular complexity index is 429. The van der Waals surface area contributed by atoms with Crippen LogP contribution in [0.1, 0.15) is 6.92 Å². The zero-order valence-corrected chi connectivity index (χ0v) is 9.35. The summed E-state index contributed by atoms with van der Waals surface area (Å²) in [7, 11) is 3.55. The zero-order valence-electron chi connectivity index (χ0n) is 9.35. The summed E-state index contributed by atoms with van der Waals surface area (Å²) in [5, 5.41) is 13.2. The molecule has 0 bridgehead atoms. The zero-order chi connectivity index (χ0) is 12.3. The molecule has 0 aliphatic heterocycles. The number of hydrogen-bond acceptors (Lipinski definition) is 4. The van der Waals surface area contributed by atoms with E-state index in [0.29, 0.717) is 11.4 Å². The highest BCUT2D eigenvalue weighted by Gasteiger charge is 2.11. The van der Waals surface area contributed by atoms with Crippen molar-refractivity contribution in [2.75, 3.05) is 24.3 Å². The lowest BCUT2D eigenvalue weighted by molar-refractivity contribution is -0.384. The van der Waals surface area contributed by atoms with Crippen LogP contribution in [-0.2, 0) is 4.79 Å². The number of anilines is 2. The van der Waals surface area contributed by atoms with Crippen LogP contribution in [0.3, 0.4) is 0 Å². The monoisotopic (exact) mass is 223 g/mol. The number of nitrogens with zero attached hydrogens (tertiary/aromatic N) is 2. The van der Waals surface area contributed by atoms with Crippen molar-refractivity contribution < 1.29 is 9.72 Å². The summed E-state index contributed by atoms with van der Waals surface area (Å²) in [6, 6.07) is 4.45. The van der Waals surface area contributed by atoms with E-state index in [9.17, 15) is 14.9 Å². The minimum absolute atomic E-state index is 0.0463. The van der Waals surface area contributed by atoms with E-state index in [1.165, 1.54) is 19.1 Å². The van der Waals surface area contributed by atoms with Crippen LogP contribution < -0.4 is 10.2 Å². The van der Waals surface area contributed by atoms with E-state index in [1.807, 2.05) is 0 Å². The summed E-state index contributed by atoms with van der Waals surface area (Å²) in [4.78, 5) is 22.8. The van der Waals surface area contributed by atoms with Gasteiger partial charge in [0.05, 0.1) is 4.92 Å². The number of carbonyl (C=O) groups excluding carboxylic acids is 1. The Kier molecular flexibility index (Phi) is 3.44. The Morgan fingerprint density at radius 3 is 2.44 bits per heavy atom. The Hall–Kier alpha value is -2.11. The van der Waals surface area contributed by atoms with Gasteiger partial charge in [-0.15, -0.1) is 0 Å². The molecule has 6 heteroatoms. The largest absolute Gasteiger partial charge is 0.377 e. The van der Waals surface area contributed by atoms with E-state index in [0.717, 1.165) is 0 Å². The number of nitrogens with one attached hydrogen (secondary N) is 1. The number of nitro benzene ring substituents is 1. The van der Waals surface area contributed by atoms with Crippen LogP contribution in [0.2, 0.25) is 0 Å². The molecule has 1 amide bonds. The highest BCUT2D eigenvalue weighted by Crippen LogP contribution is 2.25. The smallest absolute Gasteiger partial charge is 0.273 e. The van der Waals surface area contributed by atoms with E-state index in [1.54, 1.807) is 25.1 Å². The predicted molar refractivity (Wildman–Crippen MR) is 61.7 cm³/mol. The molecule has 0 unspecified atom stereocenters. The molecule has 1 aromatic carbocycles. The summed E-state index contributed by atoms with van der Waals surface area (Å²) in [5.74, 6) is -0.259. The summed E-state index contributed by atoms with van der Waals surface area (Å²) in [6.07, 6.45) is 0. The molecule has 1 aromatic rings. The third kappa shape index (κ3) is 2.94. The van der Waals surface area contributed by atoms with Crippen molar-refractivity contribution in [2.24, 2.45) is 0 Å². The highest BCUT2D eigenvalue weighted by atomic mass is 16.6. The lowest BCUT2D eigenvalue weighted by atomic mass is 10.2. The first kappa shape index (κ1) is 12.0. The maximum Gasteiger partial charge on any atom is 0.273 e. The van der Waals surface area contributed by atoms with Gasteiger partial charge in [0.25, 0.3) is 5.69 Å². The number of nitro groups is 1. The lowest BCUT2D eigenvalue weighted by Crippen LogP contribution is -2.11. The maximum absolute atomic E-state index is 10.9. The third-order valence-electron chi connectivity index (χ3n) is 1.95. The van der Waals surface area contributed by atoms with E-state index in [2.05, 4.69) is 5.32 Å². The van der Waals surface area contributed by atoms with Gasteiger partial charge in [-0.3, -0.25) is 14.9 Å². The third-order valence-corrected chi connectivity index (χ3v) is 1.95. The van der Waals surface area contributed by atoms with Crippen LogP contribution in [0, 0.1) is 10.1 Å². The Morgan fingerprint density at radius 1 is 1.38 bits per heavy atom. The second kappa shape index (κ2) is 4.61. The van der Waals surface area contributed by atoms with Gasteiger partial charge in [0.2, 0.25) is 5.91 Å². The molecule has 6 nitrogen and oxygen atoms in total. The van der Waals surface area contributed by atoms with Gasteiger partial charge < -0.3 is 10.2 Å². The summed E-state index contributed by atoms with van der Waals surface area (Å²) in [5.41, 5.74) is 1.04. The van der Waals surface area contributed by atoms with Gasteiger partial charge >= 0.3 is 0 Å². The van der Waals surface area contributed by atoms with Crippen molar-refractivity contribution in [1.82, 2.24) is 0 Å². The van der Waals surface area contributed by atoms with Crippen molar-refractivity contribution in [2.45, 2.75) is 6.92 Å². The lowest BCUT2D eigenvalue weighted by Gasteiger charge is -2.13. The first-order valence-electron chi connectivity index (χ1n) is 4.64. The molecule has 0 saturated heterocycles. The number of non-ortho nitro benzene ring substituents is 1. The molecule has 0 aliphatic rings. The summed E-state index contributed by atoms with van der Waals surface area (Å²) >= 11 is 0. The van der Waals surface area contributed by atoms with Crippen LogP contribution in [0.25, 0.3) is 0 Å². The fourth-order valence-electron chi connectivity index (χ4n) is 1.23. The van der Waals surface area contributed by atoms with Gasteiger partial charge in [-0.05, 0) is 6.07 Å². The summed E-state index contributed by atoms with van der Waals surface area (Å²) < 4.78 is 0. The Labute approximate surface area is 93.0 Å². The predicted octanol–water partition coefficient (Wildman–Crippen LogP) is 1.62. The molecular formula is C10H13N3O3. The van der Waals surface area contributed by atoms with Crippen molar-refractivity contribution in [3.05, 3.63) is 28.3 Å². The molecule has 0 radical (unpaired) electrons. The molecule has 0 atom stereocenters. The minimum atomic E-state index is -0.488. The van der Waals surface area contributed by atoms with Crippen molar-refractivity contribution in [3.63, 3.8) is 0 Å². The van der Waals surface area contributed by atoms with Gasteiger partial charge in [0.15, 0.2) is 0 Å². The number of hydrogen-bond donors (Lipinski definition) is 1.